The lowest BCUT2D eigenvalue weighted by molar-refractivity contribution is 0.187. The smallest absolute Gasteiger partial charge is 0.0370 e. The first-order valence-corrected chi connectivity index (χ1v) is 10.7. The summed E-state index contributed by atoms with van der Waals surface area (Å²) in [6, 6.07) is 8.85. The third-order valence-corrected chi connectivity index (χ3v) is 6.81. The molecule has 2 saturated heterocycles. The zero-order valence-electron chi connectivity index (χ0n) is 16.1. The van der Waals surface area contributed by atoms with Gasteiger partial charge in [-0.2, -0.15) is 0 Å². The molecule has 2 atom stereocenters. The highest BCUT2D eigenvalue weighted by Crippen LogP contribution is 2.45. The van der Waals surface area contributed by atoms with Crippen LogP contribution in [0.4, 0.5) is 5.69 Å². The van der Waals surface area contributed by atoms with Gasteiger partial charge in [-0.1, -0.05) is 32.8 Å². The molecule has 2 bridgehead atoms. The lowest BCUT2D eigenvalue weighted by Gasteiger charge is -2.39. The summed E-state index contributed by atoms with van der Waals surface area (Å²) in [6.45, 7) is 10.1. The second-order valence-electron chi connectivity index (χ2n) is 8.00. The van der Waals surface area contributed by atoms with Crippen molar-refractivity contribution in [1.82, 2.24) is 10.2 Å². The van der Waals surface area contributed by atoms with Crippen molar-refractivity contribution in [3.63, 3.8) is 0 Å². The Bertz CT molecular complexity index is 571. The van der Waals surface area contributed by atoms with E-state index >= 15 is 0 Å². The topological polar surface area (TPSA) is 18.5 Å². The molecule has 1 aromatic rings. The summed E-state index contributed by atoms with van der Waals surface area (Å²) in [5, 5.41) is 3.71. The van der Waals surface area contributed by atoms with Crippen molar-refractivity contribution < 1.29 is 0 Å². The van der Waals surface area contributed by atoms with Gasteiger partial charge in [-0.05, 0) is 61.4 Å². The van der Waals surface area contributed by atoms with Crippen LogP contribution in [0.25, 0.3) is 0 Å². The number of hydrogen-bond donors (Lipinski definition) is 1. The van der Waals surface area contributed by atoms with E-state index in [4.69, 9.17) is 0 Å². The minimum atomic E-state index is 0.628. The molecule has 0 radical (unpaired) electrons. The zero-order chi connectivity index (χ0) is 17.2. The highest BCUT2D eigenvalue weighted by molar-refractivity contribution is 5.55. The first kappa shape index (κ1) is 17.4. The maximum absolute atomic E-state index is 3.71. The molecule has 25 heavy (non-hydrogen) atoms. The highest BCUT2D eigenvalue weighted by atomic mass is 15.3. The molecule has 5 rings (SSSR count). The molecule has 4 aliphatic rings. The normalized spacial score (nSPS) is 29.3. The molecule has 2 unspecified atom stereocenters. The number of fused-ring (bicyclic) bond motifs is 5. The number of piperazine rings is 1. The number of hydrogen-bond acceptors (Lipinski definition) is 3. The van der Waals surface area contributed by atoms with E-state index in [1.807, 2.05) is 13.8 Å². The molecule has 0 spiro atoms. The summed E-state index contributed by atoms with van der Waals surface area (Å²) in [6.07, 6.45) is 8.43. The van der Waals surface area contributed by atoms with Crippen molar-refractivity contribution in [1.29, 1.82) is 0 Å². The Kier molecular flexibility index (Phi) is 5.33. The SMILES string of the molecule is CC.c1cc2c(cc1N1CCN(C3CCCC3)CC1)C1CC2CCN1. The molecule has 3 heteroatoms. The molecule has 0 aromatic heterocycles. The first-order valence-electron chi connectivity index (χ1n) is 10.7. The summed E-state index contributed by atoms with van der Waals surface area (Å²) in [7, 11) is 0. The molecule has 1 saturated carbocycles. The third kappa shape index (κ3) is 3.33. The van der Waals surface area contributed by atoms with E-state index in [1.165, 1.54) is 76.9 Å². The molecule has 2 aliphatic carbocycles. The summed E-state index contributed by atoms with van der Waals surface area (Å²) in [5.74, 6) is 0.824. The van der Waals surface area contributed by atoms with E-state index in [0.717, 1.165) is 12.0 Å². The van der Waals surface area contributed by atoms with Crippen LogP contribution in [0.1, 0.15) is 75.5 Å². The van der Waals surface area contributed by atoms with Crippen LogP contribution in [-0.2, 0) is 0 Å². The van der Waals surface area contributed by atoms with Gasteiger partial charge in [0.15, 0.2) is 0 Å². The molecule has 3 nitrogen and oxygen atoms in total. The van der Waals surface area contributed by atoms with Crippen LogP contribution < -0.4 is 10.2 Å². The molecule has 2 heterocycles. The fraction of sp³-hybridized carbons (Fsp3) is 0.727. The van der Waals surface area contributed by atoms with E-state index < -0.39 is 0 Å². The monoisotopic (exact) mass is 341 g/mol. The number of anilines is 1. The molecule has 2 aliphatic heterocycles. The molecule has 138 valence electrons. The zero-order valence-corrected chi connectivity index (χ0v) is 16.1. The fourth-order valence-corrected chi connectivity index (χ4v) is 5.48. The van der Waals surface area contributed by atoms with Crippen molar-refractivity contribution in [3.05, 3.63) is 29.3 Å². The number of nitrogens with one attached hydrogen (secondary N) is 1. The second kappa shape index (κ2) is 7.67. The molecule has 3 fully saturated rings. The van der Waals surface area contributed by atoms with E-state index in [0.29, 0.717) is 6.04 Å². The Morgan fingerprint density at radius 1 is 0.920 bits per heavy atom. The summed E-state index contributed by atoms with van der Waals surface area (Å²) in [4.78, 5) is 5.37. The summed E-state index contributed by atoms with van der Waals surface area (Å²) in [5.41, 5.74) is 4.70. The third-order valence-electron chi connectivity index (χ3n) is 6.81. The van der Waals surface area contributed by atoms with Gasteiger partial charge in [-0.3, -0.25) is 4.90 Å². The van der Waals surface area contributed by atoms with Crippen LogP contribution >= 0.6 is 0 Å². The van der Waals surface area contributed by atoms with Crippen LogP contribution in [0.3, 0.4) is 0 Å². The maximum atomic E-state index is 3.71. The standard InChI is InChI=1S/C20H29N3.C2H6/c1-2-4-16(3-1)22-9-11-23(12-10-22)17-5-6-18-15-7-8-21-20(13-15)19(18)14-17;1-2/h5-6,14-16,20-21H,1-4,7-13H2;1-2H3. The largest absolute Gasteiger partial charge is 0.369 e. The number of piperidine rings is 1. The van der Waals surface area contributed by atoms with Crippen LogP contribution in [-0.4, -0.2) is 43.7 Å². The van der Waals surface area contributed by atoms with E-state index in [1.54, 1.807) is 11.1 Å². The molecule has 1 aromatic carbocycles. The summed E-state index contributed by atoms with van der Waals surface area (Å²) >= 11 is 0. The Hall–Kier alpha value is -1.06. The first-order chi connectivity index (χ1) is 12.4. The van der Waals surface area contributed by atoms with Crippen molar-refractivity contribution in [2.24, 2.45) is 0 Å². The quantitative estimate of drug-likeness (QED) is 0.865. The van der Waals surface area contributed by atoms with Gasteiger partial charge in [0, 0.05) is 44.0 Å². The Balaban J connectivity index is 0.000000758. The Labute approximate surface area is 153 Å². The Morgan fingerprint density at radius 2 is 1.68 bits per heavy atom. The van der Waals surface area contributed by atoms with Crippen LogP contribution in [0.15, 0.2) is 18.2 Å². The molecule has 0 amide bonds. The molecular formula is C22H35N3. The highest BCUT2D eigenvalue weighted by Gasteiger charge is 2.34. The summed E-state index contributed by atoms with van der Waals surface area (Å²) < 4.78 is 0. The maximum Gasteiger partial charge on any atom is 0.0370 e. The van der Waals surface area contributed by atoms with Gasteiger partial charge in [-0.15, -0.1) is 0 Å². The minimum Gasteiger partial charge on any atom is -0.369 e. The Morgan fingerprint density at radius 3 is 2.44 bits per heavy atom. The second-order valence-corrected chi connectivity index (χ2v) is 8.00. The van der Waals surface area contributed by atoms with Gasteiger partial charge in [0.1, 0.15) is 0 Å². The van der Waals surface area contributed by atoms with Crippen molar-refractivity contribution in [3.8, 4) is 0 Å². The predicted octanol–water partition coefficient (Wildman–Crippen LogP) is 4.30. The average Bonchev–Trinajstić information content (AvgIpc) is 3.31. The van der Waals surface area contributed by atoms with Gasteiger partial charge in [0.25, 0.3) is 0 Å². The van der Waals surface area contributed by atoms with Crippen molar-refractivity contribution in [2.75, 3.05) is 37.6 Å². The van der Waals surface area contributed by atoms with Crippen LogP contribution in [0, 0.1) is 0 Å². The number of rotatable bonds is 2. The minimum absolute atomic E-state index is 0.628. The van der Waals surface area contributed by atoms with Gasteiger partial charge < -0.3 is 10.2 Å². The van der Waals surface area contributed by atoms with Crippen LogP contribution in [0.2, 0.25) is 0 Å². The lowest BCUT2D eigenvalue weighted by atomic mass is 9.96. The van der Waals surface area contributed by atoms with Gasteiger partial charge in [-0.25, -0.2) is 0 Å². The van der Waals surface area contributed by atoms with Crippen molar-refractivity contribution >= 4 is 5.69 Å². The molecule has 1 N–H and O–H groups in total. The van der Waals surface area contributed by atoms with Gasteiger partial charge >= 0.3 is 0 Å². The van der Waals surface area contributed by atoms with Gasteiger partial charge in [0.05, 0.1) is 0 Å². The molecular weight excluding hydrogens is 306 g/mol. The predicted molar refractivity (Wildman–Crippen MR) is 107 cm³/mol. The van der Waals surface area contributed by atoms with E-state index in [-0.39, 0.29) is 0 Å². The fourth-order valence-electron chi connectivity index (χ4n) is 5.48. The number of nitrogens with zero attached hydrogens (tertiary/aromatic N) is 2. The lowest BCUT2D eigenvalue weighted by Crippen LogP contribution is -2.49. The van der Waals surface area contributed by atoms with Crippen molar-refractivity contribution in [2.45, 2.75) is 70.4 Å². The van der Waals surface area contributed by atoms with Crippen LogP contribution in [0.5, 0.6) is 0 Å². The van der Waals surface area contributed by atoms with E-state index in [9.17, 15) is 0 Å². The average molecular weight is 342 g/mol. The van der Waals surface area contributed by atoms with E-state index in [2.05, 4.69) is 33.3 Å². The van der Waals surface area contributed by atoms with Gasteiger partial charge in [0.2, 0.25) is 0 Å². The number of benzene rings is 1.